The van der Waals surface area contributed by atoms with E-state index in [4.69, 9.17) is 10.1 Å². The third-order valence-corrected chi connectivity index (χ3v) is 9.49. The standard InChI is InChI=1S/C36H42N8O6/c1-20-30(42-32(38-20)29-8-6-18-44(29)34(46)22(3)40-36(49)50-4)26-15-11-24(12-16-26)23-9-13-25(14-10-23)27-19-37-31(41-27)28-7-5-17-43(28)33(45)21(2)39-35(47)48/h9-16,19,21-22,28-29,39H,5-8,17-18H2,1-4H3,(H,37,41)(H,38,42)(H,40,49)(H,47,48)/t21-,22-,28-,29-/m0/s1. The molecule has 2 aromatic carbocycles. The summed E-state index contributed by atoms with van der Waals surface area (Å²) in [6.45, 7) is 6.32. The fraction of sp³-hybridized carbons (Fsp3) is 0.389. The summed E-state index contributed by atoms with van der Waals surface area (Å²) in [7, 11) is 1.27. The number of H-pyrrole nitrogens is 2. The quantitative estimate of drug-likeness (QED) is 0.160. The second kappa shape index (κ2) is 14.4. The zero-order chi connectivity index (χ0) is 35.5. The van der Waals surface area contributed by atoms with Crippen molar-refractivity contribution in [3.8, 4) is 33.6 Å². The molecule has 0 bridgehead atoms. The van der Waals surface area contributed by atoms with Gasteiger partial charge in [0.2, 0.25) is 11.8 Å². The van der Waals surface area contributed by atoms with Gasteiger partial charge in [-0.05, 0) is 63.1 Å². The normalized spacial score (nSPS) is 18.5. The van der Waals surface area contributed by atoms with Gasteiger partial charge in [-0.1, -0.05) is 48.5 Å². The minimum Gasteiger partial charge on any atom is -0.465 e. The van der Waals surface area contributed by atoms with Crippen LogP contribution in [-0.2, 0) is 14.3 Å². The Hall–Kier alpha value is -5.66. The lowest BCUT2D eigenvalue weighted by molar-refractivity contribution is -0.134. The summed E-state index contributed by atoms with van der Waals surface area (Å²) < 4.78 is 4.65. The molecule has 2 aliphatic heterocycles. The first-order valence-electron chi connectivity index (χ1n) is 16.8. The molecule has 262 valence electrons. The summed E-state index contributed by atoms with van der Waals surface area (Å²) in [4.78, 5) is 68.5. The smallest absolute Gasteiger partial charge is 0.407 e. The van der Waals surface area contributed by atoms with Crippen molar-refractivity contribution in [1.29, 1.82) is 0 Å². The van der Waals surface area contributed by atoms with Crippen molar-refractivity contribution >= 4 is 24.0 Å². The van der Waals surface area contributed by atoms with E-state index in [0.29, 0.717) is 18.9 Å². The molecule has 0 unspecified atom stereocenters. The summed E-state index contributed by atoms with van der Waals surface area (Å²) in [6, 6.07) is 14.4. The number of rotatable bonds is 9. The van der Waals surface area contributed by atoms with E-state index in [2.05, 4.69) is 54.6 Å². The van der Waals surface area contributed by atoms with Crippen LogP contribution in [0, 0.1) is 6.92 Å². The predicted molar refractivity (Wildman–Crippen MR) is 185 cm³/mol. The lowest BCUT2D eigenvalue weighted by Crippen LogP contribution is -2.46. The number of imidazole rings is 2. The van der Waals surface area contributed by atoms with E-state index in [-0.39, 0.29) is 23.9 Å². The summed E-state index contributed by atoms with van der Waals surface area (Å²) in [6.07, 6.45) is 3.09. The molecular weight excluding hydrogens is 640 g/mol. The number of benzene rings is 2. The van der Waals surface area contributed by atoms with Crippen LogP contribution >= 0.6 is 0 Å². The molecule has 14 heteroatoms. The van der Waals surface area contributed by atoms with Gasteiger partial charge in [-0.25, -0.2) is 19.6 Å². The van der Waals surface area contributed by atoms with Crippen LogP contribution in [0.3, 0.4) is 0 Å². The Balaban J connectivity index is 1.12. The molecule has 5 N–H and O–H groups in total. The van der Waals surface area contributed by atoms with Crippen LogP contribution in [0.25, 0.3) is 33.6 Å². The van der Waals surface area contributed by atoms with Crippen molar-refractivity contribution < 1.29 is 29.0 Å². The number of alkyl carbamates (subject to hydrolysis) is 1. The van der Waals surface area contributed by atoms with Gasteiger partial charge >= 0.3 is 12.2 Å². The van der Waals surface area contributed by atoms with E-state index in [0.717, 1.165) is 70.8 Å². The molecule has 6 rings (SSSR count). The van der Waals surface area contributed by atoms with Crippen LogP contribution in [0.4, 0.5) is 9.59 Å². The number of likely N-dealkylation sites (tertiary alicyclic amines) is 2. The number of carbonyl (C=O) groups excluding carboxylic acids is 3. The Morgan fingerprint density at radius 3 is 1.88 bits per heavy atom. The molecule has 2 aromatic heterocycles. The van der Waals surface area contributed by atoms with Crippen molar-refractivity contribution in [3.63, 3.8) is 0 Å². The fourth-order valence-electron chi connectivity index (χ4n) is 6.91. The number of aryl methyl sites for hydroxylation is 1. The zero-order valence-corrected chi connectivity index (χ0v) is 28.5. The number of aromatic nitrogens is 4. The summed E-state index contributed by atoms with van der Waals surface area (Å²) in [5.41, 5.74) is 6.57. The van der Waals surface area contributed by atoms with E-state index >= 15 is 0 Å². The average molecular weight is 683 g/mol. The number of amides is 4. The molecule has 0 aliphatic carbocycles. The molecular formula is C36H42N8O6. The molecule has 4 heterocycles. The third kappa shape index (κ3) is 7.05. The van der Waals surface area contributed by atoms with E-state index in [1.165, 1.54) is 7.11 Å². The van der Waals surface area contributed by atoms with E-state index in [1.807, 2.05) is 31.2 Å². The van der Waals surface area contributed by atoms with Crippen molar-refractivity contribution in [2.75, 3.05) is 20.2 Å². The van der Waals surface area contributed by atoms with Crippen molar-refractivity contribution in [1.82, 2.24) is 40.4 Å². The fourth-order valence-corrected chi connectivity index (χ4v) is 6.91. The Kier molecular flexibility index (Phi) is 9.88. The van der Waals surface area contributed by atoms with Crippen LogP contribution in [0.5, 0.6) is 0 Å². The van der Waals surface area contributed by atoms with Gasteiger partial charge < -0.3 is 40.2 Å². The molecule has 0 spiro atoms. The highest BCUT2D eigenvalue weighted by Crippen LogP contribution is 2.35. The van der Waals surface area contributed by atoms with Crippen LogP contribution in [0.15, 0.2) is 54.7 Å². The van der Waals surface area contributed by atoms with Gasteiger partial charge in [0.15, 0.2) is 0 Å². The van der Waals surface area contributed by atoms with Crippen LogP contribution in [-0.4, -0.2) is 91.1 Å². The minimum atomic E-state index is -1.23. The number of methoxy groups -OCH3 is 1. The van der Waals surface area contributed by atoms with E-state index < -0.39 is 24.3 Å². The highest BCUT2D eigenvalue weighted by atomic mass is 16.5. The number of nitrogens with zero attached hydrogens (tertiary/aromatic N) is 4. The molecule has 4 amide bonds. The zero-order valence-electron chi connectivity index (χ0n) is 28.5. The maximum absolute atomic E-state index is 13.1. The highest BCUT2D eigenvalue weighted by Gasteiger charge is 2.36. The second-order valence-electron chi connectivity index (χ2n) is 12.8. The number of carbonyl (C=O) groups is 4. The maximum atomic E-state index is 13.1. The van der Waals surface area contributed by atoms with Gasteiger partial charge in [-0.2, -0.15) is 0 Å². The molecule has 2 saturated heterocycles. The minimum absolute atomic E-state index is 0.175. The Bertz CT molecular complexity index is 1870. The SMILES string of the molecule is COC(=O)N[C@@H](C)C(=O)N1CCC[C@H]1c1nc(-c2ccc(-c3ccc(-c4cnc([C@@H]5CCCN5C(=O)[C@H](C)NC(=O)O)[nH]4)cc3)cc2)c(C)[nH]1. The number of carboxylic acid groups (broad SMARTS) is 1. The highest BCUT2D eigenvalue weighted by molar-refractivity contribution is 5.86. The Labute approximate surface area is 289 Å². The first kappa shape index (κ1) is 34.2. The number of hydrogen-bond acceptors (Lipinski definition) is 7. The van der Waals surface area contributed by atoms with Crippen LogP contribution in [0.2, 0.25) is 0 Å². The van der Waals surface area contributed by atoms with Crippen molar-refractivity contribution in [2.24, 2.45) is 0 Å². The number of aromatic amines is 2. The lowest BCUT2D eigenvalue weighted by Gasteiger charge is -2.26. The molecule has 50 heavy (non-hydrogen) atoms. The van der Waals surface area contributed by atoms with Gasteiger partial charge in [-0.15, -0.1) is 0 Å². The first-order chi connectivity index (χ1) is 24.0. The van der Waals surface area contributed by atoms with Gasteiger partial charge in [-0.3, -0.25) is 9.59 Å². The van der Waals surface area contributed by atoms with Gasteiger partial charge in [0.05, 0.1) is 36.8 Å². The molecule has 4 atom stereocenters. The van der Waals surface area contributed by atoms with Gasteiger partial charge in [0, 0.05) is 24.3 Å². The van der Waals surface area contributed by atoms with Gasteiger partial charge in [0.25, 0.3) is 0 Å². The van der Waals surface area contributed by atoms with Gasteiger partial charge in [0.1, 0.15) is 23.7 Å². The largest absolute Gasteiger partial charge is 0.465 e. The predicted octanol–water partition coefficient (Wildman–Crippen LogP) is 5.17. The summed E-state index contributed by atoms with van der Waals surface area (Å²) in [5, 5.41) is 13.8. The van der Waals surface area contributed by atoms with Crippen molar-refractivity contribution in [2.45, 2.75) is 70.6 Å². The lowest BCUT2D eigenvalue weighted by atomic mass is 10.0. The Morgan fingerprint density at radius 1 is 0.800 bits per heavy atom. The van der Waals surface area contributed by atoms with E-state index in [1.54, 1.807) is 29.8 Å². The molecule has 2 fully saturated rings. The maximum Gasteiger partial charge on any atom is 0.407 e. The first-order valence-corrected chi connectivity index (χ1v) is 16.8. The third-order valence-electron chi connectivity index (χ3n) is 9.49. The summed E-state index contributed by atoms with van der Waals surface area (Å²) in [5.74, 6) is 0.972. The molecule has 0 radical (unpaired) electrons. The number of nitrogens with one attached hydrogen (secondary N) is 4. The average Bonchev–Trinajstić information content (AvgIpc) is 3.94. The molecule has 14 nitrogen and oxygen atoms in total. The van der Waals surface area contributed by atoms with E-state index in [9.17, 15) is 19.2 Å². The second-order valence-corrected chi connectivity index (χ2v) is 12.8. The monoisotopic (exact) mass is 682 g/mol. The van der Waals surface area contributed by atoms with Crippen molar-refractivity contribution in [3.05, 3.63) is 72.1 Å². The topological polar surface area (TPSA) is 186 Å². The Morgan fingerprint density at radius 2 is 1.32 bits per heavy atom. The number of ether oxygens (including phenoxy) is 1. The van der Waals surface area contributed by atoms with Crippen LogP contribution < -0.4 is 10.6 Å². The van der Waals surface area contributed by atoms with Crippen LogP contribution in [0.1, 0.15) is 69.0 Å². The molecule has 2 aliphatic rings. The molecule has 0 saturated carbocycles. The number of hydrogen-bond donors (Lipinski definition) is 5. The molecule has 4 aromatic rings. The summed E-state index contributed by atoms with van der Waals surface area (Å²) >= 11 is 0.